The van der Waals surface area contributed by atoms with Crippen molar-refractivity contribution in [3.63, 3.8) is 0 Å². The third kappa shape index (κ3) is 5.13. The minimum absolute atomic E-state index is 0.219. The maximum absolute atomic E-state index is 11.8. The largest absolute Gasteiger partial charge is 0.389 e. The molecule has 2 atom stereocenters. The van der Waals surface area contributed by atoms with Crippen molar-refractivity contribution < 1.29 is 19.0 Å². The molecule has 3 N–H and O–H groups in total. The molecule has 0 rings (SSSR count). The topological polar surface area (TPSA) is 52.5 Å². The molecule has 0 aromatic heterocycles. The van der Waals surface area contributed by atoms with Gasteiger partial charge in [-0.15, -0.1) is 0 Å². The van der Waals surface area contributed by atoms with Gasteiger partial charge in [-0.2, -0.15) is 0 Å². The van der Waals surface area contributed by atoms with Crippen molar-refractivity contribution in [2.45, 2.75) is 44.9 Å². The number of hydrogen-bond acceptors (Lipinski definition) is 3. The molecular formula is C8H17F2NO2. The average Bonchev–Trinajstić information content (AvgIpc) is 1.97. The average molecular weight is 197 g/mol. The smallest absolute Gasteiger partial charge is 0.265 e. The number of hydrogen-bond donors (Lipinski definition) is 3. The van der Waals surface area contributed by atoms with E-state index in [1.54, 1.807) is 20.8 Å². The first-order chi connectivity index (χ1) is 5.75. The van der Waals surface area contributed by atoms with Gasteiger partial charge in [0.25, 0.3) is 6.43 Å². The third-order valence-electron chi connectivity index (χ3n) is 1.98. The van der Waals surface area contributed by atoms with E-state index in [0.717, 1.165) is 0 Å². The maximum atomic E-state index is 11.8. The lowest BCUT2D eigenvalue weighted by Crippen LogP contribution is -2.48. The molecule has 80 valence electrons. The Balaban J connectivity index is 3.77. The van der Waals surface area contributed by atoms with E-state index >= 15 is 0 Å². The van der Waals surface area contributed by atoms with E-state index in [2.05, 4.69) is 5.32 Å². The molecule has 2 unspecified atom stereocenters. The molecule has 3 nitrogen and oxygen atoms in total. The maximum Gasteiger partial charge on any atom is 0.265 e. The summed E-state index contributed by atoms with van der Waals surface area (Å²) in [7, 11) is 0. The predicted molar refractivity (Wildman–Crippen MR) is 45.8 cm³/mol. The molecule has 0 bridgehead atoms. The van der Waals surface area contributed by atoms with E-state index in [1.165, 1.54) is 0 Å². The fourth-order valence-electron chi connectivity index (χ4n) is 0.636. The standard InChI is InChI=1S/C8H17F2NO2/c1-5(8(2,3)13)11-4-6(12)7(9)10/h5-7,11-13H,4H2,1-3H3. The van der Waals surface area contributed by atoms with Gasteiger partial charge < -0.3 is 15.5 Å². The van der Waals surface area contributed by atoms with E-state index < -0.39 is 18.1 Å². The molecule has 13 heavy (non-hydrogen) atoms. The van der Waals surface area contributed by atoms with Gasteiger partial charge in [-0.05, 0) is 20.8 Å². The van der Waals surface area contributed by atoms with Crippen LogP contribution in [0, 0.1) is 0 Å². The van der Waals surface area contributed by atoms with Gasteiger partial charge in [0.15, 0.2) is 0 Å². The number of aliphatic hydroxyl groups is 2. The van der Waals surface area contributed by atoms with Gasteiger partial charge in [0.05, 0.1) is 5.60 Å². The van der Waals surface area contributed by atoms with Crippen molar-refractivity contribution in [1.82, 2.24) is 5.32 Å². The predicted octanol–water partition coefficient (Wildman–Crippen LogP) is 0.361. The number of aliphatic hydroxyl groups excluding tert-OH is 1. The van der Waals surface area contributed by atoms with Crippen LogP contribution in [-0.2, 0) is 0 Å². The van der Waals surface area contributed by atoms with Gasteiger partial charge in [0.1, 0.15) is 6.10 Å². The minimum atomic E-state index is -2.75. The Bertz CT molecular complexity index is 148. The van der Waals surface area contributed by atoms with Crippen molar-refractivity contribution >= 4 is 0 Å². The molecule has 0 heterocycles. The van der Waals surface area contributed by atoms with Crippen LogP contribution in [0.2, 0.25) is 0 Å². The highest BCUT2D eigenvalue weighted by molar-refractivity contribution is 4.80. The van der Waals surface area contributed by atoms with Gasteiger partial charge in [0.2, 0.25) is 0 Å². The second-order valence-corrected chi connectivity index (χ2v) is 3.69. The highest BCUT2D eigenvalue weighted by Crippen LogP contribution is 2.08. The molecule has 0 saturated carbocycles. The molecule has 0 aromatic carbocycles. The number of halogens is 2. The van der Waals surface area contributed by atoms with Crippen LogP contribution >= 0.6 is 0 Å². The van der Waals surface area contributed by atoms with Gasteiger partial charge >= 0.3 is 0 Å². The Labute approximate surface area is 76.8 Å². The highest BCUT2D eigenvalue weighted by Gasteiger charge is 2.24. The molecule has 0 aliphatic rings. The molecule has 0 aliphatic heterocycles. The van der Waals surface area contributed by atoms with E-state index in [1.807, 2.05) is 0 Å². The van der Waals surface area contributed by atoms with E-state index in [0.29, 0.717) is 0 Å². The van der Waals surface area contributed by atoms with Crippen molar-refractivity contribution in [1.29, 1.82) is 0 Å². The fraction of sp³-hybridized carbons (Fsp3) is 1.00. The Kier molecular flexibility index (Phi) is 4.74. The summed E-state index contributed by atoms with van der Waals surface area (Å²) in [5.74, 6) is 0. The van der Waals surface area contributed by atoms with Crippen molar-refractivity contribution in [2.24, 2.45) is 0 Å². The van der Waals surface area contributed by atoms with Crippen LogP contribution in [0.3, 0.4) is 0 Å². The summed E-state index contributed by atoms with van der Waals surface area (Å²) < 4.78 is 23.6. The van der Waals surface area contributed by atoms with Gasteiger partial charge in [0, 0.05) is 12.6 Å². The Hall–Kier alpha value is -0.260. The SMILES string of the molecule is CC(NCC(O)C(F)F)C(C)(C)O. The quantitative estimate of drug-likeness (QED) is 0.596. The summed E-state index contributed by atoms with van der Waals surface area (Å²) in [5, 5.41) is 20.8. The summed E-state index contributed by atoms with van der Waals surface area (Å²) in [5.41, 5.74) is -0.984. The first-order valence-corrected chi connectivity index (χ1v) is 4.17. The van der Waals surface area contributed by atoms with Gasteiger partial charge in [-0.1, -0.05) is 0 Å². The van der Waals surface area contributed by atoms with Crippen molar-refractivity contribution in [2.75, 3.05) is 6.54 Å². The lowest BCUT2D eigenvalue weighted by Gasteiger charge is -2.27. The van der Waals surface area contributed by atoms with Crippen LogP contribution < -0.4 is 5.32 Å². The zero-order valence-electron chi connectivity index (χ0n) is 8.09. The lowest BCUT2D eigenvalue weighted by molar-refractivity contribution is -0.0136. The lowest BCUT2D eigenvalue weighted by atomic mass is 10.0. The molecule has 0 saturated heterocycles. The molecule has 0 amide bonds. The summed E-state index contributed by atoms with van der Waals surface area (Å²) in [6.07, 6.45) is -4.42. The normalized spacial score (nSPS) is 17.5. The number of alkyl halides is 2. The van der Waals surface area contributed by atoms with Crippen LogP contribution in [0.25, 0.3) is 0 Å². The number of nitrogens with one attached hydrogen (secondary N) is 1. The van der Waals surface area contributed by atoms with Crippen LogP contribution in [0.15, 0.2) is 0 Å². The van der Waals surface area contributed by atoms with Crippen LogP contribution in [0.1, 0.15) is 20.8 Å². The molecule has 5 heteroatoms. The van der Waals surface area contributed by atoms with Crippen molar-refractivity contribution in [3.05, 3.63) is 0 Å². The summed E-state index contributed by atoms with van der Waals surface area (Å²) in [6.45, 7) is 4.58. The summed E-state index contributed by atoms with van der Waals surface area (Å²) >= 11 is 0. The first kappa shape index (κ1) is 12.7. The van der Waals surface area contributed by atoms with E-state index in [9.17, 15) is 13.9 Å². The zero-order valence-corrected chi connectivity index (χ0v) is 8.09. The summed E-state index contributed by atoms with van der Waals surface area (Å²) in [6, 6.07) is -0.346. The molecular weight excluding hydrogens is 180 g/mol. The Morgan fingerprint density at radius 2 is 1.85 bits per heavy atom. The van der Waals surface area contributed by atoms with Crippen molar-refractivity contribution in [3.8, 4) is 0 Å². The highest BCUT2D eigenvalue weighted by atomic mass is 19.3. The third-order valence-corrected chi connectivity index (χ3v) is 1.98. The van der Waals surface area contributed by atoms with E-state index in [-0.39, 0.29) is 12.6 Å². The van der Waals surface area contributed by atoms with Gasteiger partial charge in [-0.25, -0.2) is 8.78 Å². The molecule has 0 radical (unpaired) electrons. The second-order valence-electron chi connectivity index (χ2n) is 3.69. The van der Waals surface area contributed by atoms with E-state index in [4.69, 9.17) is 5.11 Å². The minimum Gasteiger partial charge on any atom is -0.389 e. The van der Waals surface area contributed by atoms with Crippen LogP contribution in [0.5, 0.6) is 0 Å². The van der Waals surface area contributed by atoms with Crippen LogP contribution in [0.4, 0.5) is 8.78 Å². The fourth-order valence-corrected chi connectivity index (χ4v) is 0.636. The molecule has 0 fully saturated rings. The monoisotopic (exact) mass is 197 g/mol. The first-order valence-electron chi connectivity index (χ1n) is 4.17. The molecule has 0 spiro atoms. The zero-order chi connectivity index (χ0) is 10.6. The Morgan fingerprint density at radius 3 is 2.15 bits per heavy atom. The molecule has 0 aliphatic carbocycles. The Morgan fingerprint density at radius 1 is 1.38 bits per heavy atom. The summed E-state index contributed by atoms with van der Waals surface area (Å²) in [4.78, 5) is 0. The van der Waals surface area contributed by atoms with Crippen LogP contribution in [-0.4, -0.2) is 40.9 Å². The number of rotatable bonds is 5. The molecule has 0 aromatic rings. The second kappa shape index (κ2) is 4.83. The van der Waals surface area contributed by atoms with Gasteiger partial charge in [-0.3, -0.25) is 0 Å².